The first-order valence-electron chi connectivity index (χ1n) is 11.1. The molecule has 0 radical (unpaired) electrons. The van der Waals surface area contributed by atoms with Crippen LogP contribution in [-0.2, 0) is 28.8 Å². The lowest BCUT2D eigenvalue weighted by atomic mass is 10.1. The standard InChI is InChI=1S/C23H28N6O4S/c1-5-18-25-19-20(28(18)3)26-23(27-21(19)29-8-10-33-11-9-29)34-13-15-6-7-17(32-4)16(12-15)22(31)24-14(2)30/h6-7,12H,5,8-11,13H2,1-4H3,(H,24,30,31). The van der Waals surface area contributed by atoms with Gasteiger partial charge >= 0.3 is 0 Å². The van der Waals surface area contributed by atoms with Crippen LogP contribution >= 0.6 is 11.8 Å². The largest absolute Gasteiger partial charge is 0.496 e. The minimum absolute atomic E-state index is 0.306. The fourth-order valence-corrected chi connectivity index (χ4v) is 4.62. The van der Waals surface area contributed by atoms with Gasteiger partial charge in [-0.05, 0) is 17.7 Å². The molecule has 3 heterocycles. The summed E-state index contributed by atoms with van der Waals surface area (Å²) in [5, 5.41) is 2.93. The molecule has 1 saturated heterocycles. The van der Waals surface area contributed by atoms with Gasteiger partial charge in [-0.25, -0.2) is 15.0 Å². The van der Waals surface area contributed by atoms with E-state index in [1.807, 2.05) is 17.7 Å². The number of thioether (sulfide) groups is 1. The number of nitrogens with one attached hydrogen (secondary N) is 1. The number of rotatable bonds is 7. The number of amides is 2. The maximum Gasteiger partial charge on any atom is 0.261 e. The normalized spacial score (nSPS) is 13.8. The van der Waals surface area contributed by atoms with Gasteiger partial charge in [0.25, 0.3) is 5.91 Å². The summed E-state index contributed by atoms with van der Waals surface area (Å²) >= 11 is 1.48. The van der Waals surface area contributed by atoms with E-state index in [2.05, 4.69) is 17.1 Å². The number of morpholine rings is 1. The first-order valence-corrected chi connectivity index (χ1v) is 12.1. The lowest BCUT2D eigenvalue weighted by Crippen LogP contribution is -2.37. The summed E-state index contributed by atoms with van der Waals surface area (Å²) in [5.41, 5.74) is 2.79. The number of aromatic nitrogens is 4. The summed E-state index contributed by atoms with van der Waals surface area (Å²) in [4.78, 5) is 40.4. The van der Waals surface area contributed by atoms with Crippen molar-refractivity contribution in [3.63, 3.8) is 0 Å². The number of imide groups is 1. The van der Waals surface area contributed by atoms with Crippen molar-refractivity contribution >= 4 is 40.6 Å². The maximum absolute atomic E-state index is 12.4. The van der Waals surface area contributed by atoms with E-state index in [1.54, 1.807) is 12.1 Å². The highest BCUT2D eigenvalue weighted by Crippen LogP contribution is 2.30. The molecule has 0 bridgehead atoms. The third-order valence-electron chi connectivity index (χ3n) is 5.57. The molecule has 1 fully saturated rings. The average molecular weight is 485 g/mol. The molecule has 0 aliphatic carbocycles. The van der Waals surface area contributed by atoms with Crippen LogP contribution in [0.15, 0.2) is 23.4 Å². The van der Waals surface area contributed by atoms with Gasteiger partial charge in [0.15, 0.2) is 22.1 Å². The molecule has 2 aromatic heterocycles. The molecule has 1 aliphatic rings. The molecule has 0 spiro atoms. The Bertz CT molecular complexity index is 1220. The summed E-state index contributed by atoms with van der Waals surface area (Å²) in [6.45, 7) is 6.17. The topological polar surface area (TPSA) is 111 Å². The number of carbonyl (C=O) groups is 2. The monoisotopic (exact) mass is 484 g/mol. The van der Waals surface area contributed by atoms with Crippen molar-refractivity contribution in [1.82, 2.24) is 24.8 Å². The van der Waals surface area contributed by atoms with Gasteiger partial charge in [0.1, 0.15) is 11.6 Å². The highest BCUT2D eigenvalue weighted by atomic mass is 32.2. The molecule has 4 rings (SSSR count). The Hall–Kier alpha value is -3.18. The van der Waals surface area contributed by atoms with Crippen molar-refractivity contribution in [3.8, 4) is 5.75 Å². The predicted molar refractivity (Wildman–Crippen MR) is 129 cm³/mol. The smallest absolute Gasteiger partial charge is 0.261 e. The summed E-state index contributed by atoms with van der Waals surface area (Å²) in [5.74, 6) is 1.80. The van der Waals surface area contributed by atoms with Crippen LogP contribution in [0.25, 0.3) is 11.2 Å². The van der Waals surface area contributed by atoms with E-state index in [0.29, 0.717) is 35.4 Å². The first-order chi connectivity index (χ1) is 16.4. The molecule has 34 heavy (non-hydrogen) atoms. The number of carbonyl (C=O) groups excluding carboxylic acids is 2. The number of fused-ring (bicyclic) bond motifs is 1. The zero-order valence-corrected chi connectivity index (χ0v) is 20.6. The van der Waals surface area contributed by atoms with E-state index < -0.39 is 11.8 Å². The molecule has 180 valence electrons. The minimum Gasteiger partial charge on any atom is -0.496 e. The Morgan fingerprint density at radius 2 is 1.97 bits per heavy atom. The predicted octanol–water partition coefficient (Wildman–Crippen LogP) is 2.34. The van der Waals surface area contributed by atoms with Crippen LogP contribution in [0.3, 0.4) is 0 Å². The summed E-state index contributed by atoms with van der Waals surface area (Å²) in [6.07, 6.45) is 0.800. The quantitative estimate of drug-likeness (QED) is 0.399. The Morgan fingerprint density at radius 1 is 1.21 bits per heavy atom. The van der Waals surface area contributed by atoms with Crippen LogP contribution in [0.4, 0.5) is 5.82 Å². The summed E-state index contributed by atoms with van der Waals surface area (Å²) in [7, 11) is 3.46. The molecule has 3 aromatic rings. The van der Waals surface area contributed by atoms with Crippen molar-refractivity contribution in [2.45, 2.75) is 31.2 Å². The maximum atomic E-state index is 12.4. The molecule has 1 aromatic carbocycles. The lowest BCUT2D eigenvalue weighted by molar-refractivity contribution is -0.118. The first kappa shape index (κ1) is 24.0. The van der Waals surface area contributed by atoms with Gasteiger partial charge in [0.05, 0.1) is 25.9 Å². The van der Waals surface area contributed by atoms with Crippen LogP contribution in [0, 0.1) is 0 Å². The number of benzene rings is 1. The molecule has 2 amide bonds. The second kappa shape index (κ2) is 10.4. The molecule has 11 heteroatoms. The molecular weight excluding hydrogens is 456 g/mol. The van der Waals surface area contributed by atoms with Crippen LogP contribution < -0.4 is 15.0 Å². The molecular formula is C23H28N6O4S. The number of nitrogens with zero attached hydrogens (tertiary/aromatic N) is 5. The SMILES string of the molecule is CCc1nc2c(N3CCOCC3)nc(SCc3ccc(OC)c(C(=O)NC(C)=O)c3)nc2n1C. The number of imidazole rings is 1. The Labute approximate surface area is 202 Å². The van der Waals surface area contributed by atoms with Gasteiger partial charge < -0.3 is 18.9 Å². The van der Waals surface area contributed by atoms with Gasteiger partial charge in [-0.3, -0.25) is 14.9 Å². The minimum atomic E-state index is -0.495. The van der Waals surface area contributed by atoms with E-state index >= 15 is 0 Å². The van der Waals surface area contributed by atoms with E-state index in [-0.39, 0.29) is 0 Å². The number of methoxy groups -OCH3 is 1. The van der Waals surface area contributed by atoms with E-state index in [4.69, 9.17) is 24.4 Å². The summed E-state index contributed by atoms with van der Waals surface area (Å²) in [6, 6.07) is 5.34. The molecule has 10 nitrogen and oxygen atoms in total. The second-order valence-electron chi connectivity index (χ2n) is 7.88. The molecule has 1 N–H and O–H groups in total. The molecule has 0 saturated carbocycles. The van der Waals surface area contributed by atoms with Crippen LogP contribution in [0.1, 0.15) is 35.6 Å². The van der Waals surface area contributed by atoms with Gasteiger partial charge in [0.2, 0.25) is 5.91 Å². The fraction of sp³-hybridized carbons (Fsp3) is 0.435. The van der Waals surface area contributed by atoms with E-state index in [1.165, 1.54) is 25.8 Å². The fourth-order valence-electron chi connectivity index (χ4n) is 3.85. The van der Waals surface area contributed by atoms with E-state index in [9.17, 15) is 9.59 Å². The third kappa shape index (κ3) is 5.00. The zero-order chi connectivity index (χ0) is 24.2. The van der Waals surface area contributed by atoms with Gasteiger partial charge in [-0.15, -0.1) is 0 Å². The van der Waals surface area contributed by atoms with Gasteiger partial charge in [0, 0.05) is 39.2 Å². The van der Waals surface area contributed by atoms with Gasteiger partial charge in [-0.2, -0.15) is 0 Å². The third-order valence-corrected chi connectivity index (χ3v) is 6.48. The van der Waals surface area contributed by atoms with Gasteiger partial charge in [-0.1, -0.05) is 24.8 Å². The highest BCUT2D eigenvalue weighted by Gasteiger charge is 2.22. The van der Waals surface area contributed by atoms with E-state index in [0.717, 1.165) is 47.9 Å². The summed E-state index contributed by atoms with van der Waals surface area (Å²) < 4.78 is 12.8. The number of hydrogen-bond donors (Lipinski definition) is 1. The molecule has 1 aliphatic heterocycles. The zero-order valence-electron chi connectivity index (χ0n) is 19.8. The van der Waals surface area contributed by atoms with Crippen molar-refractivity contribution in [3.05, 3.63) is 35.2 Å². The van der Waals surface area contributed by atoms with Crippen molar-refractivity contribution in [2.24, 2.45) is 7.05 Å². The Balaban J connectivity index is 1.64. The average Bonchev–Trinajstić information content (AvgIpc) is 3.17. The number of ether oxygens (including phenoxy) is 2. The second-order valence-corrected chi connectivity index (χ2v) is 8.82. The van der Waals surface area contributed by atoms with Crippen molar-refractivity contribution < 1.29 is 19.1 Å². The Kier molecular flexibility index (Phi) is 7.32. The Morgan fingerprint density at radius 3 is 2.65 bits per heavy atom. The van der Waals surface area contributed by atoms with Crippen molar-refractivity contribution in [2.75, 3.05) is 38.3 Å². The number of hydrogen-bond acceptors (Lipinski definition) is 9. The highest BCUT2D eigenvalue weighted by molar-refractivity contribution is 7.98. The van der Waals surface area contributed by atoms with Crippen LogP contribution in [0.5, 0.6) is 5.75 Å². The van der Waals surface area contributed by atoms with Crippen LogP contribution in [-0.4, -0.2) is 64.7 Å². The van der Waals surface area contributed by atoms with Crippen LogP contribution in [0.2, 0.25) is 0 Å². The number of anilines is 1. The lowest BCUT2D eigenvalue weighted by Gasteiger charge is -2.28. The van der Waals surface area contributed by atoms with Crippen molar-refractivity contribution in [1.29, 1.82) is 0 Å². The molecule has 0 atom stereocenters. The molecule has 0 unspecified atom stereocenters. The number of aryl methyl sites for hydroxylation is 2.